The Morgan fingerprint density at radius 1 is 1.33 bits per heavy atom. The van der Waals surface area contributed by atoms with Crippen LogP contribution in [-0.2, 0) is 19.5 Å². The van der Waals surface area contributed by atoms with Gasteiger partial charge in [0.2, 0.25) is 5.76 Å². The SMILES string of the molecule is CCc1cc(C(=O)N2Cc3nccn3CC2c2ccccc2)on1. The lowest BCUT2D eigenvalue weighted by atomic mass is 10.0. The van der Waals surface area contributed by atoms with Crippen molar-refractivity contribution >= 4 is 5.91 Å². The Labute approximate surface area is 139 Å². The fourth-order valence-corrected chi connectivity index (χ4v) is 3.10. The Kier molecular flexibility index (Phi) is 3.65. The van der Waals surface area contributed by atoms with Gasteiger partial charge in [-0.25, -0.2) is 4.98 Å². The summed E-state index contributed by atoms with van der Waals surface area (Å²) in [5.74, 6) is 1.02. The number of benzene rings is 1. The standard InChI is InChI=1S/C18H18N4O2/c1-2-14-10-16(24-20-14)18(23)22-12-17-19-8-9-21(17)11-15(22)13-6-4-3-5-7-13/h3-10,15H,2,11-12H2,1H3. The summed E-state index contributed by atoms with van der Waals surface area (Å²) in [6, 6.07) is 11.7. The van der Waals surface area contributed by atoms with Crippen LogP contribution in [0, 0.1) is 0 Å². The molecule has 1 aromatic carbocycles. The van der Waals surface area contributed by atoms with Crippen LogP contribution in [-0.4, -0.2) is 25.5 Å². The highest BCUT2D eigenvalue weighted by atomic mass is 16.5. The summed E-state index contributed by atoms with van der Waals surface area (Å²) in [5.41, 5.74) is 1.88. The number of hydrogen-bond acceptors (Lipinski definition) is 4. The number of aryl methyl sites for hydroxylation is 1. The molecular weight excluding hydrogens is 304 g/mol. The number of carbonyl (C=O) groups excluding carboxylic acids is 1. The first-order chi connectivity index (χ1) is 11.8. The van der Waals surface area contributed by atoms with Crippen LogP contribution >= 0.6 is 0 Å². The summed E-state index contributed by atoms with van der Waals surface area (Å²) >= 11 is 0. The lowest BCUT2D eigenvalue weighted by molar-refractivity contribution is 0.0542. The molecule has 0 saturated carbocycles. The molecule has 1 amide bonds. The molecule has 1 aliphatic rings. The molecule has 6 heteroatoms. The molecule has 3 aromatic rings. The zero-order valence-corrected chi connectivity index (χ0v) is 13.4. The summed E-state index contributed by atoms with van der Waals surface area (Å²) in [6.07, 6.45) is 4.47. The van der Waals surface area contributed by atoms with Gasteiger partial charge in [0.1, 0.15) is 5.82 Å². The zero-order valence-electron chi connectivity index (χ0n) is 13.4. The van der Waals surface area contributed by atoms with Gasteiger partial charge in [0.25, 0.3) is 5.91 Å². The molecule has 0 aliphatic carbocycles. The maximum absolute atomic E-state index is 13.0. The first-order valence-electron chi connectivity index (χ1n) is 8.07. The summed E-state index contributed by atoms with van der Waals surface area (Å²) < 4.78 is 7.35. The smallest absolute Gasteiger partial charge is 0.293 e. The van der Waals surface area contributed by atoms with Crippen molar-refractivity contribution in [2.24, 2.45) is 0 Å². The highest BCUT2D eigenvalue weighted by Gasteiger charge is 2.33. The minimum atomic E-state index is -0.148. The van der Waals surface area contributed by atoms with Crippen molar-refractivity contribution in [1.82, 2.24) is 19.6 Å². The Bertz CT molecular complexity index is 853. The first kappa shape index (κ1) is 14.7. The lowest BCUT2D eigenvalue weighted by Gasteiger charge is -2.35. The Hall–Kier alpha value is -2.89. The highest BCUT2D eigenvalue weighted by Crippen LogP contribution is 2.30. The highest BCUT2D eigenvalue weighted by molar-refractivity contribution is 5.91. The maximum atomic E-state index is 13.0. The first-order valence-corrected chi connectivity index (χ1v) is 8.07. The fourth-order valence-electron chi connectivity index (χ4n) is 3.10. The van der Waals surface area contributed by atoms with E-state index in [4.69, 9.17) is 4.52 Å². The van der Waals surface area contributed by atoms with Gasteiger partial charge in [-0.2, -0.15) is 0 Å². The monoisotopic (exact) mass is 322 g/mol. The van der Waals surface area contributed by atoms with Crippen molar-refractivity contribution in [2.45, 2.75) is 32.5 Å². The number of hydrogen-bond donors (Lipinski definition) is 0. The predicted octanol–water partition coefficient (Wildman–Crippen LogP) is 2.83. The van der Waals surface area contributed by atoms with Gasteiger partial charge in [0, 0.05) is 25.0 Å². The van der Waals surface area contributed by atoms with Crippen LogP contribution in [0.2, 0.25) is 0 Å². The molecule has 4 rings (SSSR count). The molecule has 0 radical (unpaired) electrons. The van der Waals surface area contributed by atoms with E-state index in [2.05, 4.69) is 14.7 Å². The van der Waals surface area contributed by atoms with E-state index in [1.807, 2.05) is 48.4 Å². The van der Waals surface area contributed by atoms with E-state index >= 15 is 0 Å². The number of rotatable bonds is 3. The average molecular weight is 322 g/mol. The van der Waals surface area contributed by atoms with Crippen LogP contribution in [0.1, 0.15) is 40.6 Å². The summed E-state index contributed by atoms with van der Waals surface area (Å²) in [5, 5.41) is 3.94. The van der Waals surface area contributed by atoms with Crippen LogP contribution < -0.4 is 0 Å². The van der Waals surface area contributed by atoms with Gasteiger partial charge < -0.3 is 14.0 Å². The molecule has 122 valence electrons. The lowest BCUT2D eigenvalue weighted by Crippen LogP contribution is -2.41. The van der Waals surface area contributed by atoms with E-state index in [1.54, 1.807) is 12.3 Å². The molecule has 0 N–H and O–H groups in total. The molecular formula is C18H18N4O2. The van der Waals surface area contributed by atoms with E-state index in [-0.39, 0.29) is 17.7 Å². The van der Waals surface area contributed by atoms with Crippen molar-refractivity contribution in [2.75, 3.05) is 0 Å². The predicted molar refractivity (Wildman–Crippen MR) is 87.2 cm³/mol. The Morgan fingerprint density at radius 3 is 2.92 bits per heavy atom. The van der Waals surface area contributed by atoms with Crippen molar-refractivity contribution < 1.29 is 9.32 Å². The largest absolute Gasteiger partial charge is 0.351 e. The summed E-state index contributed by atoms with van der Waals surface area (Å²) in [6.45, 7) is 3.12. The minimum Gasteiger partial charge on any atom is -0.351 e. The third kappa shape index (κ3) is 2.50. The summed E-state index contributed by atoms with van der Waals surface area (Å²) in [4.78, 5) is 19.2. The van der Waals surface area contributed by atoms with E-state index in [9.17, 15) is 4.79 Å². The molecule has 0 saturated heterocycles. The molecule has 24 heavy (non-hydrogen) atoms. The number of amides is 1. The molecule has 3 heterocycles. The molecule has 0 bridgehead atoms. The topological polar surface area (TPSA) is 64.2 Å². The third-order valence-corrected chi connectivity index (χ3v) is 4.44. The molecule has 0 spiro atoms. The third-order valence-electron chi connectivity index (χ3n) is 4.44. The number of carbonyl (C=O) groups is 1. The molecule has 1 unspecified atom stereocenters. The van der Waals surface area contributed by atoms with Crippen LogP contribution in [0.5, 0.6) is 0 Å². The van der Waals surface area contributed by atoms with Gasteiger partial charge in [0.05, 0.1) is 18.3 Å². The van der Waals surface area contributed by atoms with Crippen molar-refractivity contribution in [3.05, 3.63) is 71.6 Å². The maximum Gasteiger partial charge on any atom is 0.293 e. The normalized spacial score (nSPS) is 16.9. The van der Waals surface area contributed by atoms with E-state index in [1.165, 1.54) is 0 Å². The van der Waals surface area contributed by atoms with E-state index in [0.717, 1.165) is 23.5 Å². The van der Waals surface area contributed by atoms with Gasteiger partial charge in [-0.3, -0.25) is 4.79 Å². The second-order valence-corrected chi connectivity index (χ2v) is 5.89. The second kappa shape index (κ2) is 5.96. The van der Waals surface area contributed by atoms with Gasteiger partial charge in [-0.15, -0.1) is 0 Å². The van der Waals surface area contributed by atoms with Gasteiger partial charge in [-0.1, -0.05) is 42.4 Å². The molecule has 1 aliphatic heterocycles. The number of nitrogens with zero attached hydrogens (tertiary/aromatic N) is 4. The molecule has 1 atom stereocenters. The van der Waals surface area contributed by atoms with Crippen LogP contribution in [0.25, 0.3) is 0 Å². The van der Waals surface area contributed by atoms with Crippen LogP contribution in [0.4, 0.5) is 0 Å². The van der Waals surface area contributed by atoms with Gasteiger partial charge in [-0.05, 0) is 12.0 Å². The van der Waals surface area contributed by atoms with Crippen molar-refractivity contribution in [3.63, 3.8) is 0 Å². The number of fused-ring (bicyclic) bond motifs is 1. The second-order valence-electron chi connectivity index (χ2n) is 5.89. The van der Waals surface area contributed by atoms with Crippen LogP contribution in [0.15, 0.2) is 53.3 Å². The van der Waals surface area contributed by atoms with Crippen LogP contribution in [0.3, 0.4) is 0 Å². The number of aromatic nitrogens is 3. The average Bonchev–Trinajstić information content (AvgIpc) is 3.29. The number of imidazole rings is 1. The molecule has 6 nitrogen and oxygen atoms in total. The van der Waals surface area contributed by atoms with Gasteiger partial charge >= 0.3 is 0 Å². The van der Waals surface area contributed by atoms with Crippen molar-refractivity contribution in [1.29, 1.82) is 0 Å². The Morgan fingerprint density at radius 2 is 2.17 bits per heavy atom. The van der Waals surface area contributed by atoms with Gasteiger partial charge in [0.15, 0.2) is 0 Å². The molecule has 2 aromatic heterocycles. The Balaban J connectivity index is 1.71. The minimum absolute atomic E-state index is 0.0597. The summed E-state index contributed by atoms with van der Waals surface area (Å²) in [7, 11) is 0. The van der Waals surface area contributed by atoms with Crippen molar-refractivity contribution in [3.8, 4) is 0 Å². The van der Waals surface area contributed by atoms with E-state index in [0.29, 0.717) is 13.1 Å². The zero-order chi connectivity index (χ0) is 16.5. The van der Waals surface area contributed by atoms with E-state index < -0.39 is 0 Å². The molecule has 0 fully saturated rings. The quantitative estimate of drug-likeness (QED) is 0.744. The fraction of sp³-hybridized carbons (Fsp3) is 0.278.